The Morgan fingerprint density at radius 2 is 1.93 bits per heavy atom. The van der Waals surface area contributed by atoms with E-state index in [0.29, 0.717) is 35.6 Å². The number of nitrogens with zero attached hydrogens (tertiary/aromatic N) is 1. The molecular formula is C23H25NO5. The van der Waals surface area contributed by atoms with Crippen LogP contribution >= 0.6 is 0 Å². The zero-order valence-corrected chi connectivity index (χ0v) is 17.4. The van der Waals surface area contributed by atoms with Crippen molar-refractivity contribution in [1.82, 2.24) is 4.90 Å². The van der Waals surface area contributed by atoms with Gasteiger partial charge in [-0.15, -0.1) is 0 Å². The standard InChI is InChI=1S/C23H25NO5/c1-13(2)24-11-16-8-18-21(25)20(29-23(18)14(3)22(16)28-12-24)9-15-6-7-17(26-4)10-19(15)27-5/h6-10,13H,11-12H2,1-5H3/b20-9-. The predicted molar refractivity (Wildman–Crippen MR) is 110 cm³/mol. The molecule has 0 aliphatic carbocycles. The average molecular weight is 395 g/mol. The highest BCUT2D eigenvalue weighted by Crippen LogP contribution is 2.43. The van der Waals surface area contributed by atoms with Crippen molar-refractivity contribution in [3.05, 3.63) is 52.3 Å². The molecule has 152 valence electrons. The Hall–Kier alpha value is -2.99. The monoisotopic (exact) mass is 395 g/mol. The number of fused-ring (bicyclic) bond motifs is 2. The second-order valence-corrected chi connectivity index (χ2v) is 7.53. The predicted octanol–water partition coefficient (Wildman–Crippen LogP) is 4.19. The van der Waals surface area contributed by atoms with Crippen LogP contribution in [0.2, 0.25) is 0 Å². The van der Waals surface area contributed by atoms with E-state index in [1.165, 1.54) is 0 Å². The molecule has 0 unspecified atom stereocenters. The molecule has 0 saturated carbocycles. The molecule has 2 aliphatic rings. The van der Waals surface area contributed by atoms with Gasteiger partial charge in [0.15, 0.2) is 5.76 Å². The van der Waals surface area contributed by atoms with Crippen molar-refractivity contribution in [3.63, 3.8) is 0 Å². The highest BCUT2D eigenvalue weighted by Gasteiger charge is 2.34. The Morgan fingerprint density at radius 1 is 1.14 bits per heavy atom. The van der Waals surface area contributed by atoms with Crippen LogP contribution in [0.1, 0.15) is 40.9 Å². The Morgan fingerprint density at radius 3 is 2.62 bits per heavy atom. The fourth-order valence-corrected chi connectivity index (χ4v) is 3.68. The van der Waals surface area contributed by atoms with E-state index in [0.717, 1.165) is 29.0 Å². The maximum atomic E-state index is 13.1. The number of methoxy groups -OCH3 is 2. The van der Waals surface area contributed by atoms with E-state index in [1.807, 2.05) is 25.1 Å². The van der Waals surface area contributed by atoms with Gasteiger partial charge in [-0.25, -0.2) is 0 Å². The summed E-state index contributed by atoms with van der Waals surface area (Å²) in [6.45, 7) is 7.48. The van der Waals surface area contributed by atoms with Gasteiger partial charge in [0, 0.05) is 35.3 Å². The van der Waals surface area contributed by atoms with Crippen LogP contribution < -0.4 is 18.9 Å². The highest BCUT2D eigenvalue weighted by molar-refractivity contribution is 6.15. The number of carbonyl (C=O) groups excluding carboxylic acids is 1. The first-order chi connectivity index (χ1) is 13.9. The Kier molecular flexibility index (Phi) is 4.96. The van der Waals surface area contributed by atoms with Crippen molar-refractivity contribution in [2.45, 2.75) is 33.4 Å². The van der Waals surface area contributed by atoms with E-state index in [-0.39, 0.29) is 11.5 Å². The molecule has 6 nitrogen and oxygen atoms in total. The van der Waals surface area contributed by atoms with Gasteiger partial charge in [0.05, 0.1) is 19.8 Å². The summed E-state index contributed by atoms with van der Waals surface area (Å²) in [5.41, 5.74) is 3.20. The molecule has 4 rings (SSSR count). The SMILES string of the molecule is COc1ccc(/C=C2\Oc3c(cc4c(c3C)OCN(C(C)C)C4)C2=O)c(OC)c1. The van der Waals surface area contributed by atoms with Crippen LogP contribution in [-0.2, 0) is 6.54 Å². The summed E-state index contributed by atoms with van der Waals surface area (Å²) in [5.74, 6) is 2.82. The second kappa shape index (κ2) is 7.44. The molecule has 0 atom stereocenters. The molecular weight excluding hydrogens is 370 g/mol. The normalized spacial score (nSPS) is 17.0. The van der Waals surface area contributed by atoms with Crippen LogP contribution in [0.4, 0.5) is 0 Å². The van der Waals surface area contributed by atoms with E-state index in [1.54, 1.807) is 26.4 Å². The van der Waals surface area contributed by atoms with Crippen LogP contribution in [0.15, 0.2) is 30.0 Å². The smallest absolute Gasteiger partial charge is 0.231 e. The highest BCUT2D eigenvalue weighted by atomic mass is 16.5. The first kappa shape index (κ1) is 19.3. The minimum atomic E-state index is -0.134. The van der Waals surface area contributed by atoms with Crippen molar-refractivity contribution in [3.8, 4) is 23.0 Å². The molecule has 2 heterocycles. The summed E-state index contributed by atoms with van der Waals surface area (Å²) in [7, 11) is 3.18. The largest absolute Gasteiger partial charge is 0.497 e. The molecule has 29 heavy (non-hydrogen) atoms. The third-order valence-electron chi connectivity index (χ3n) is 5.42. The summed E-state index contributed by atoms with van der Waals surface area (Å²) in [4.78, 5) is 15.3. The van der Waals surface area contributed by atoms with Crippen LogP contribution in [-0.4, -0.2) is 37.7 Å². The molecule has 6 heteroatoms. The molecule has 0 spiro atoms. The Balaban J connectivity index is 1.71. The van der Waals surface area contributed by atoms with Crippen LogP contribution in [0.3, 0.4) is 0 Å². The number of benzene rings is 2. The first-order valence-electron chi connectivity index (χ1n) is 9.62. The summed E-state index contributed by atoms with van der Waals surface area (Å²) in [6, 6.07) is 7.70. The van der Waals surface area contributed by atoms with Gasteiger partial charge in [-0.1, -0.05) is 0 Å². The zero-order chi connectivity index (χ0) is 20.7. The minimum absolute atomic E-state index is 0.134. The Bertz CT molecular complexity index is 1010. The molecule has 0 bridgehead atoms. The van der Waals surface area contributed by atoms with Crippen LogP contribution in [0.25, 0.3) is 6.08 Å². The topological polar surface area (TPSA) is 57.2 Å². The quantitative estimate of drug-likeness (QED) is 0.724. The van der Waals surface area contributed by atoms with Crippen molar-refractivity contribution >= 4 is 11.9 Å². The first-order valence-corrected chi connectivity index (χ1v) is 9.62. The van der Waals surface area contributed by atoms with Crippen molar-refractivity contribution in [1.29, 1.82) is 0 Å². The summed E-state index contributed by atoms with van der Waals surface area (Å²) in [5, 5.41) is 0. The van der Waals surface area contributed by atoms with Gasteiger partial charge < -0.3 is 18.9 Å². The number of allylic oxidation sites excluding steroid dienone is 1. The van der Waals surface area contributed by atoms with Gasteiger partial charge in [-0.3, -0.25) is 9.69 Å². The maximum Gasteiger partial charge on any atom is 0.231 e. The van der Waals surface area contributed by atoms with Gasteiger partial charge in [0.2, 0.25) is 5.78 Å². The minimum Gasteiger partial charge on any atom is -0.497 e. The van der Waals surface area contributed by atoms with Crippen LogP contribution in [0, 0.1) is 6.92 Å². The van der Waals surface area contributed by atoms with Crippen molar-refractivity contribution in [2.24, 2.45) is 0 Å². The van der Waals surface area contributed by atoms with E-state index < -0.39 is 0 Å². The van der Waals surface area contributed by atoms with Gasteiger partial charge in [-0.05, 0) is 45.0 Å². The fraction of sp³-hybridized carbons (Fsp3) is 0.348. The van der Waals surface area contributed by atoms with Gasteiger partial charge in [0.25, 0.3) is 0 Å². The summed E-state index contributed by atoms with van der Waals surface area (Å²) in [6.07, 6.45) is 1.71. The molecule has 2 aliphatic heterocycles. The molecule has 0 aromatic heterocycles. The average Bonchev–Trinajstić information content (AvgIpc) is 3.04. The number of hydrogen-bond donors (Lipinski definition) is 0. The number of rotatable bonds is 4. The van der Waals surface area contributed by atoms with E-state index >= 15 is 0 Å². The van der Waals surface area contributed by atoms with Crippen molar-refractivity contribution < 1.29 is 23.7 Å². The lowest BCUT2D eigenvalue weighted by Gasteiger charge is -2.32. The molecule has 0 fully saturated rings. The number of ketones is 1. The van der Waals surface area contributed by atoms with Gasteiger partial charge in [-0.2, -0.15) is 0 Å². The van der Waals surface area contributed by atoms with Gasteiger partial charge >= 0.3 is 0 Å². The van der Waals surface area contributed by atoms with E-state index in [9.17, 15) is 4.79 Å². The molecule has 0 N–H and O–H groups in total. The summed E-state index contributed by atoms with van der Waals surface area (Å²) < 4.78 is 22.6. The van der Waals surface area contributed by atoms with Gasteiger partial charge in [0.1, 0.15) is 29.7 Å². The second-order valence-electron chi connectivity index (χ2n) is 7.53. The number of Topliss-reactive ketones (excluding diaryl/α,β-unsaturated/α-hetero) is 1. The van der Waals surface area contributed by atoms with E-state index in [2.05, 4.69) is 18.7 Å². The van der Waals surface area contributed by atoms with Crippen LogP contribution in [0.5, 0.6) is 23.0 Å². The molecule has 0 saturated heterocycles. The number of hydrogen-bond acceptors (Lipinski definition) is 6. The molecule has 2 aromatic rings. The lowest BCUT2D eigenvalue weighted by atomic mass is 9.99. The number of carbonyl (C=O) groups is 1. The third-order valence-corrected chi connectivity index (χ3v) is 5.42. The Labute approximate surface area is 170 Å². The maximum absolute atomic E-state index is 13.1. The fourth-order valence-electron chi connectivity index (χ4n) is 3.68. The lowest BCUT2D eigenvalue weighted by Crippen LogP contribution is -2.37. The molecule has 0 radical (unpaired) electrons. The molecule has 2 aromatic carbocycles. The third kappa shape index (κ3) is 3.34. The summed E-state index contributed by atoms with van der Waals surface area (Å²) >= 11 is 0. The number of ether oxygens (including phenoxy) is 4. The van der Waals surface area contributed by atoms with Crippen molar-refractivity contribution in [2.75, 3.05) is 21.0 Å². The van der Waals surface area contributed by atoms with E-state index in [4.69, 9.17) is 18.9 Å². The molecule has 0 amide bonds. The zero-order valence-electron chi connectivity index (χ0n) is 17.4. The lowest BCUT2D eigenvalue weighted by molar-refractivity contribution is 0.0678.